The van der Waals surface area contributed by atoms with Gasteiger partial charge in [-0.25, -0.2) is 0 Å². The second-order valence-corrected chi connectivity index (χ2v) is 6.63. The zero-order valence-electron chi connectivity index (χ0n) is 11.6. The summed E-state index contributed by atoms with van der Waals surface area (Å²) in [6, 6.07) is 2.22. The van der Waals surface area contributed by atoms with Gasteiger partial charge in [0.15, 0.2) is 5.78 Å². The van der Waals surface area contributed by atoms with Gasteiger partial charge in [-0.3, -0.25) is 9.59 Å². The lowest BCUT2D eigenvalue weighted by Gasteiger charge is -2.11. The second kappa shape index (κ2) is 5.89. The monoisotopic (exact) mass is 349 g/mol. The number of hydrogen-bond acceptors (Lipinski definition) is 3. The van der Waals surface area contributed by atoms with Crippen molar-refractivity contribution in [2.75, 3.05) is 0 Å². The average Bonchev–Trinajstić information content (AvgIpc) is 2.72. The van der Waals surface area contributed by atoms with Gasteiger partial charge in [-0.1, -0.05) is 11.6 Å². The van der Waals surface area contributed by atoms with E-state index >= 15 is 0 Å². The number of ketones is 1. The topological polar surface area (TPSA) is 39.1 Å². The van der Waals surface area contributed by atoms with E-state index in [-0.39, 0.29) is 0 Å². The minimum Gasteiger partial charge on any atom is -0.306 e. The van der Waals surface area contributed by atoms with Crippen LogP contribution in [0.2, 0.25) is 5.02 Å². The van der Waals surface area contributed by atoms with Crippen molar-refractivity contribution in [3.63, 3.8) is 0 Å². The predicted molar refractivity (Wildman–Crippen MR) is 78.8 cm³/mol. The maximum atomic E-state index is 12.8. The highest BCUT2D eigenvalue weighted by atomic mass is 35.5. The van der Waals surface area contributed by atoms with Crippen LogP contribution in [-0.4, -0.2) is 10.4 Å². The van der Waals surface area contributed by atoms with E-state index in [2.05, 4.69) is 0 Å². The summed E-state index contributed by atoms with van der Waals surface area (Å²) in [6.07, 6.45) is -4.03. The third-order valence-corrected chi connectivity index (χ3v) is 4.26. The van der Waals surface area contributed by atoms with Crippen molar-refractivity contribution in [3.05, 3.63) is 54.6 Å². The zero-order chi connectivity index (χ0) is 16.7. The molecule has 0 saturated heterocycles. The SMILES string of the molecule is Cc1cc(C(=O)Cn2cc(C(F)(F)F)cc(Cl)c2=O)c(C)s1. The molecule has 22 heavy (non-hydrogen) atoms. The fourth-order valence-corrected chi connectivity index (χ4v) is 3.19. The van der Waals surface area contributed by atoms with Crippen LogP contribution >= 0.6 is 22.9 Å². The van der Waals surface area contributed by atoms with Crippen molar-refractivity contribution >= 4 is 28.7 Å². The number of pyridine rings is 1. The summed E-state index contributed by atoms with van der Waals surface area (Å²) >= 11 is 6.96. The smallest absolute Gasteiger partial charge is 0.306 e. The van der Waals surface area contributed by atoms with E-state index in [9.17, 15) is 22.8 Å². The Labute approximate surface area is 133 Å². The standard InChI is InChI=1S/C14H11ClF3NO2S/c1-7-3-10(8(2)22-7)12(20)6-19-5-9(14(16,17)18)4-11(15)13(19)21/h3-5H,6H2,1-2H3. The first-order valence-corrected chi connectivity index (χ1v) is 7.36. The molecule has 3 nitrogen and oxygen atoms in total. The summed E-state index contributed by atoms with van der Waals surface area (Å²) in [5, 5.41) is -0.569. The second-order valence-electron chi connectivity index (χ2n) is 4.76. The van der Waals surface area contributed by atoms with Gasteiger partial charge in [0.1, 0.15) is 5.02 Å². The summed E-state index contributed by atoms with van der Waals surface area (Å²) < 4.78 is 38.9. The van der Waals surface area contributed by atoms with Gasteiger partial charge in [-0.05, 0) is 26.0 Å². The maximum absolute atomic E-state index is 12.8. The first-order valence-electron chi connectivity index (χ1n) is 6.17. The molecule has 118 valence electrons. The molecule has 0 amide bonds. The van der Waals surface area contributed by atoms with Gasteiger partial charge >= 0.3 is 6.18 Å². The summed E-state index contributed by atoms with van der Waals surface area (Å²) in [6.45, 7) is 3.08. The summed E-state index contributed by atoms with van der Waals surface area (Å²) in [7, 11) is 0. The predicted octanol–water partition coefficient (Wildman–Crippen LogP) is 4.08. The number of halogens is 4. The molecule has 0 saturated carbocycles. The number of thiophene rings is 1. The lowest BCUT2D eigenvalue weighted by atomic mass is 10.1. The molecular formula is C14H11ClF3NO2S. The van der Waals surface area contributed by atoms with Crippen molar-refractivity contribution in [3.8, 4) is 0 Å². The minimum absolute atomic E-state index is 0.405. The molecule has 0 N–H and O–H groups in total. The summed E-state index contributed by atoms with van der Waals surface area (Å²) in [5.41, 5.74) is -1.49. The summed E-state index contributed by atoms with van der Waals surface area (Å²) in [5.74, 6) is -0.431. The molecule has 0 aromatic carbocycles. The molecule has 2 aromatic heterocycles. The lowest BCUT2D eigenvalue weighted by Crippen LogP contribution is -2.26. The number of alkyl halides is 3. The van der Waals surface area contributed by atoms with Crippen LogP contribution in [-0.2, 0) is 12.7 Å². The largest absolute Gasteiger partial charge is 0.417 e. The third-order valence-electron chi connectivity index (χ3n) is 3.02. The van der Waals surface area contributed by atoms with Crippen LogP contribution in [0, 0.1) is 13.8 Å². The van der Waals surface area contributed by atoms with Crippen LogP contribution < -0.4 is 5.56 Å². The molecule has 0 aliphatic rings. The van der Waals surface area contributed by atoms with Gasteiger partial charge in [0.05, 0.1) is 12.1 Å². The fourth-order valence-electron chi connectivity index (χ4n) is 2.02. The van der Waals surface area contributed by atoms with Crippen molar-refractivity contribution < 1.29 is 18.0 Å². The third kappa shape index (κ3) is 3.41. The van der Waals surface area contributed by atoms with E-state index in [1.807, 2.05) is 6.92 Å². The highest BCUT2D eigenvalue weighted by molar-refractivity contribution is 7.12. The quantitative estimate of drug-likeness (QED) is 0.783. The average molecular weight is 350 g/mol. The van der Waals surface area contributed by atoms with Crippen LogP contribution in [0.15, 0.2) is 23.1 Å². The Morgan fingerprint density at radius 2 is 1.95 bits per heavy atom. The van der Waals surface area contributed by atoms with E-state index in [0.29, 0.717) is 22.4 Å². The Kier molecular flexibility index (Phi) is 4.49. The Bertz CT molecular complexity index is 792. The van der Waals surface area contributed by atoms with Gasteiger partial charge in [0, 0.05) is 21.5 Å². The van der Waals surface area contributed by atoms with Crippen LogP contribution in [0.1, 0.15) is 25.7 Å². The van der Waals surface area contributed by atoms with Crippen LogP contribution in [0.5, 0.6) is 0 Å². The molecular weight excluding hydrogens is 339 g/mol. The van der Waals surface area contributed by atoms with Crippen molar-refractivity contribution in [1.29, 1.82) is 0 Å². The Hall–Kier alpha value is -1.60. The van der Waals surface area contributed by atoms with Crippen molar-refractivity contribution in [1.82, 2.24) is 4.57 Å². The van der Waals surface area contributed by atoms with E-state index < -0.39 is 34.6 Å². The van der Waals surface area contributed by atoms with Crippen LogP contribution in [0.4, 0.5) is 13.2 Å². The molecule has 0 bridgehead atoms. The Morgan fingerprint density at radius 3 is 2.45 bits per heavy atom. The molecule has 0 atom stereocenters. The molecule has 0 radical (unpaired) electrons. The minimum atomic E-state index is -4.64. The number of carbonyl (C=O) groups excluding carboxylic acids is 1. The molecule has 0 aliphatic heterocycles. The molecule has 2 rings (SSSR count). The molecule has 0 aliphatic carbocycles. The van der Waals surface area contributed by atoms with E-state index in [4.69, 9.17) is 11.6 Å². The lowest BCUT2D eigenvalue weighted by molar-refractivity contribution is -0.138. The maximum Gasteiger partial charge on any atom is 0.417 e. The molecule has 0 fully saturated rings. The Balaban J connectivity index is 2.41. The number of carbonyl (C=O) groups is 1. The zero-order valence-corrected chi connectivity index (χ0v) is 13.2. The van der Waals surface area contributed by atoms with Gasteiger partial charge in [-0.2, -0.15) is 13.2 Å². The number of aromatic nitrogens is 1. The van der Waals surface area contributed by atoms with Gasteiger partial charge in [0.25, 0.3) is 5.56 Å². The Morgan fingerprint density at radius 1 is 1.32 bits per heavy atom. The fraction of sp³-hybridized carbons (Fsp3) is 0.286. The highest BCUT2D eigenvalue weighted by Crippen LogP contribution is 2.29. The van der Waals surface area contributed by atoms with Crippen LogP contribution in [0.25, 0.3) is 0 Å². The molecule has 8 heteroatoms. The van der Waals surface area contributed by atoms with E-state index in [0.717, 1.165) is 9.75 Å². The van der Waals surface area contributed by atoms with Gasteiger partial charge in [-0.15, -0.1) is 11.3 Å². The summed E-state index contributed by atoms with van der Waals surface area (Å²) in [4.78, 5) is 25.7. The first kappa shape index (κ1) is 16.8. The normalized spacial score (nSPS) is 11.7. The van der Waals surface area contributed by atoms with E-state index in [1.54, 1.807) is 13.0 Å². The molecule has 0 unspecified atom stereocenters. The van der Waals surface area contributed by atoms with Crippen molar-refractivity contribution in [2.24, 2.45) is 0 Å². The van der Waals surface area contributed by atoms with E-state index in [1.165, 1.54) is 11.3 Å². The molecule has 0 spiro atoms. The number of nitrogens with zero attached hydrogens (tertiary/aromatic N) is 1. The number of aryl methyl sites for hydroxylation is 2. The van der Waals surface area contributed by atoms with Crippen LogP contribution in [0.3, 0.4) is 0 Å². The highest BCUT2D eigenvalue weighted by Gasteiger charge is 2.32. The number of hydrogen-bond donors (Lipinski definition) is 0. The first-order chi connectivity index (χ1) is 10.1. The number of rotatable bonds is 3. The van der Waals surface area contributed by atoms with Gasteiger partial charge < -0.3 is 4.57 Å². The molecule has 2 heterocycles. The van der Waals surface area contributed by atoms with Gasteiger partial charge in [0.2, 0.25) is 0 Å². The van der Waals surface area contributed by atoms with Crippen molar-refractivity contribution in [2.45, 2.75) is 26.6 Å². The number of Topliss-reactive ketones (excluding diaryl/α,β-unsaturated/α-hetero) is 1. The molecule has 2 aromatic rings.